The van der Waals surface area contributed by atoms with Gasteiger partial charge in [-0.25, -0.2) is 0 Å². The molecular formula is C21H26N2O2. The van der Waals surface area contributed by atoms with Gasteiger partial charge in [0.25, 0.3) is 0 Å². The number of hydrogen-bond donors (Lipinski definition) is 1. The lowest BCUT2D eigenvalue weighted by Crippen LogP contribution is -2.36. The fourth-order valence-electron chi connectivity index (χ4n) is 2.49. The fourth-order valence-corrected chi connectivity index (χ4v) is 2.49. The van der Waals surface area contributed by atoms with Crippen LogP contribution in [0.3, 0.4) is 0 Å². The summed E-state index contributed by atoms with van der Waals surface area (Å²) < 4.78 is 0. The second kappa shape index (κ2) is 9.62. The van der Waals surface area contributed by atoms with E-state index in [2.05, 4.69) is 19.2 Å². The summed E-state index contributed by atoms with van der Waals surface area (Å²) >= 11 is 0. The SMILES string of the molecule is CC(C)CCNC(=O)CC(=O)N(Cc1ccccc1)c1ccccc1. The summed E-state index contributed by atoms with van der Waals surface area (Å²) in [5.41, 5.74) is 1.83. The van der Waals surface area contributed by atoms with Gasteiger partial charge in [0.15, 0.2) is 0 Å². The molecule has 0 aromatic heterocycles. The third-order valence-electron chi connectivity index (χ3n) is 3.91. The van der Waals surface area contributed by atoms with Gasteiger partial charge in [-0.15, -0.1) is 0 Å². The van der Waals surface area contributed by atoms with E-state index < -0.39 is 0 Å². The highest BCUT2D eigenvalue weighted by atomic mass is 16.2. The number of nitrogens with one attached hydrogen (secondary N) is 1. The van der Waals surface area contributed by atoms with Crippen molar-refractivity contribution in [2.24, 2.45) is 5.92 Å². The Kier molecular flexibility index (Phi) is 7.20. The molecule has 4 nitrogen and oxygen atoms in total. The van der Waals surface area contributed by atoms with E-state index in [1.54, 1.807) is 4.90 Å². The van der Waals surface area contributed by atoms with Crippen LogP contribution in [0.4, 0.5) is 5.69 Å². The minimum absolute atomic E-state index is 0.139. The van der Waals surface area contributed by atoms with Crippen molar-refractivity contribution in [2.45, 2.75) is 33.2 Å². The smallest absolute Gasteiger partial charge is 0.236 e. The minimum Gasteiger partial charge on any atom is -0.356 e. The van der Waals surface area contributed by atoms with Crippen LogP contribution in [0.1, 0.15) is 32.3 Å². The fraction of sp³-hybridized carbons (Fsp3) is 0.333. The maximum Gasteiger partial charge on any atom is 0.236 e. The molecule has 0 aliphatic heterocycles. The van der Waals surface area contributed by atoms with Crippen LogP contribution in [0.5, 0.6) is 0 Å². The summed E-state index contributed by atoms with van der Waals surface area (Å²) in [5, 5.41) is 2.83. The number of hydrogen-bond acceptors (Lipinski definition) is 2. The van der Waals surface area contributed by atoms with Crippen LogP contribution in [-0.2, 0) is 16.1 Å². The molecule has 25 heavy (non-hydrogen) atoms. The molecular weight excluding hydrogens is 312 g/mol. The van der Waals surface area contributed by atoms with Gasteiger partial charge in [0.2, 0.25) is 11.8 Å². The lowest BCUT2D eigenvalue weighted by atomic mass is 10.1. The van der Waals surface area contributed by atoms with Crippen molar-refractivity contribution in [1.29, 1.82) is 0 Å². The van der Waals surface area contributed by atoms with Gasteiger partial charge in [-0.3, -0.25) is 9.59 Å². The number of carbonyl (C=O) groups excluding carboxylic acids is 2. The zero-order valence-electron chi connectivity index (χ0n) is 14.9. The molecule has 0 atom stereocenters. The number of nitrogens with zero attached hydrogens (tertiary/aromatic N) is 1. The first-order valence-corrected chi connectivity index (χ1v) is 8.72. The van der Waals surface area contributed by atoms with Gasteiger partial charge in [-0.1, -0.05) is 62.4 Å². The van der Waals surface area contributed by atoms with Crippen molar-refractivity contribution in [1.82, 2.24) is 5.32 Å². The quantitative estimate of drug-likeness (QED) is 0.745. The highest BCUT2D eigenvalue weighted by molar-refractivity contribution is 6.04. The van der Waals surface area contributed by atoms with Crippen molar-refractivity contribution >= 4 is 17.5 Å². The van der Waals surface area contributed by atoms with E-state index >= 15 is 0 Å². The maximum atomic E-state index is 12.7. The Morgan fingerprint density at radius 1 is 0.960 bits per heavy atom. The standard InChI is InChI=1S/C21H26N2O2/c1-17(2)13-14-22-20(24)15-21(25)23(19-11-7-4-8-12-19)16-18-9-5-3-6-10-18/h3-12,17H,13-16H2,1-2H3,(H,22,24). The second-order valence-corrected chi connectivity index (χ2v) is 6.51. The predicted octanol–water partition coefficient (Wildman–Crippen LogP) is 3.77. The molecule has 2 rings (SSSR count). The number of rotatable bonds is 8. The summed E-state index contributed by atoms with van der Waals surface area (Å²) in [7, 11) is 0. The highest BCUT2D eigenvalue weighted by Crippen LogP contribution is 2.18. The molecule has 4 heteroatoms. The van der Waals surface area contributed by atoms with Crippen molar-refractivity contribution in [3.8, 4) is 0 Å². The average Bonchev–Trinajstić information content (AvgIpc) is 2.61. The van der Waals surface area contributed by atoms with E-state index in [0.29, 0.717) is 19.0 Å². The monoisotopic (exact) mass is 338 g/mol. The second-order valence-electron chi connectivity index (χ2n) is 6.51. The van der Waals surface area contributed by atoms with Crippen molar-refractivity contribution < 1.29 is 9.59 Å². The Hall–Kier alpha value is -2.62. The molecule has 132 valence electrons. The van der Waals surface area contributed by atoms with E-state index in [0.717, 1.165) is 17.7 Å². The zero-order valence-corrected chi connectivity index (χ0v) is 14.9. The molecule has 0 spiro atoms. The van der Waals surface area contributed by atoms with Crippen LogP contribution in [0.25, 0.3) is 0 Å². The molecule has 1 N–H and O–H groups in total. The van der Waals surface area contributed by atoms with Crippen LogP contribution in [0.15, 0.2) is 60.7 Å². The van der Waals surface area contributed by atoms with Crippen LogP contribution < -0.4 is 10.2 Å². The summed E-state index contributed by atoms with van der Waals surface area (Å²) in [5.74, 6) is 0.103. The summed E-state index contributed by atoms with van der Waals surface area (Å²) in [6.45, 7) is 5.26. The van der Waals surface area contributed by atoms with Gasteiger partial charge in [0.1, 0.15) is 6.42 Å². The van der Waals surface area contributed by atoms with E-state index in [1.165, 1.54) is 0 Å². The molecule has 0 saturated carbocycles. The average molecular weight is 338 g/mol. The molecule has 0 unspecified atom stereocenters. The summed E-state index contributed by atoms with van der Waals surface area (Å²) in [6, 6.07) is 19.3. The molecule has 0 bridgehead atoms. The third-order valence-corrected chi connectivity index (χ3v) is 3.91. The lowest BCUT2D eigenvalue weighted by molar-refractivity contribution is -0.128. The summed E-state index contributed by atoms with van der Waals surface area (Å²) in [6.07, 6.45) is 0.770. The number of carbonyl (C=O) groups is 2. The first-order chi connectivity index (χ1) is 12.1. The number of amides is 2. The molecule has 0 aliphatic rings. The Bertz CT molecular complexity index is 669. The largest absolute Gasteiger partial charge is 0.356 e. The Balaban J connectivity index is 2.04. The molecule has 2 amide bonds. The molecule has 2 aromatic rings. The first kappa shape index (κ1) is 18.7. The van der Waals surface area contributed by atoms with Gasteiger partial charge >= 0.3 is 0 Å². The van der Waals surface area contributed by atoms with Crippen LogP contribution in [0, 0.1) is 5.92 Å². The van der Waals surface area contributed by atoms with Crippen molar-refractivity contribution in [3.05, 3.63) is 66.2 Å². The molecule has 0 heterocycles. The zero-order chi connectivity index (χ0) is 18.1. The molecule has 0 aliphatic carbocycles. The normalized spacial score (nSPS) is 10.5. The lowest BCUT2D eigenvalue weighted by Gasteiger charge is -2.23. The van der Waals surface area contributed by atoms with E-state index in [-0.39, 0.29) is 18.2 Å². The number of anilines is 1. The van der Waals surface area contributed by atoms with E-state index in [4.69, 9.17) is 0 Å². The predicted molar refractivity (Wildman–Crippen MR) is 101 cm³/mol. The molecule has 0 fully saturated rings. The summed E-state index contributed by atoms with van der Waals surface area (Å²) in [4.78, 5) is 26.4. The van der Waals surface area contributed by atoms with Gasteiger partial charge in [-0.2, -0.15) is 0 Å². The Morgan fingerprint density at radius 3 is 2.16 bits per heavy atom. The first-order valence-electron chi connectivity index (χ1n) is 8.72. The van der Waals surface area contributed by atoms with Gasteiger partial charge in [0.05, 0.1) is 6.54 Å². The number of para-hydroxylation sites is 1. The topological polar surface area (TPSA) is 49.4 Å². The molecule has 0 saturated heterocycles. The van der Waals surface area contributed by atoms with E-state index in [1.807, 2.05) is 60.7 Å². The van der Waals surface area contributed by atoms with Crippen LogP contribution in [-0.4, -0.2) is 18.4 Å². The highest BCUT2D eigenvalue weighted by Gasteiger charge is 2.19. The molecule has 2 aromatic carbocycles. The maximum absolute atomic E-state index is 12.7. The third kappa shape index (κ3) is 6.42. The van der Waals surface area contributed by atoms with Crippen LogP contribution >= 0.6 is 0 Å². The van der Waals surface area contributed by atoms with Gasteiger partial charge in [0, 0.05) is 12.2 Å². The van der Waals surface area contributed by atoms with Crippen LogP contribution in [0.2, 0.25) is 0 Å². The minimum atomic E-state index is -0.223. The van der Waals surface area contributed by atoms with Crippen molar-refractivity contribution in [3.63, 3.8) is 0 Å². The Labute approximate surface area is 149 Å². The number of benzene rings is 2. The van der Waals surface area contributed by atoms with Crippen molar-refractivity contribution in [2.75, 3.05) is 11.4 Å². The molecule has 0 radical (unpaired) electrons. The van der Waals surface area contributed by atoms with Gasteiger partial charge in [-0.05, 0) is 30.0 Å². The van der Waals surface area contributed by atoms with E-state index in [9.17, 15) is 9.59 Å². The van der Waals surface area contributed by atoms with Gasteiger partial charge < -0.3 is 10.2 Å². The Morgan fingerprint density at radius 2 is 1.56 bits per heavy atom.